The predicted octanol–water partition coefficient (Wildman–Crippen LogP) is 1.18. The topological polar surface area (TPSA) is 99.6 Å². The maximum Gasteiger partial charge on any atom is 0.328 e. The summed E-state index contributed by atoms with van der Waals surface area (Å²) in [6.07, 6.45) is 3.73. The highest BCUT2D eigenvalue weighted by Crippen LogP contribution is 2.12. The van der Waals surface area contributed by atoms with Crippen LogP contribution in [0.15, 0.2) is 24.4 Å². The molecule has 0 unspecified atom stereocenters. The second-order valence-electron chi connectivity index (χ2n) is 3.84. The first-order valence-electron chi connectivity index (χ1n) is 6.04. The molecule has 0 amide bonds. The van der Waals surface area contributed by atoms with E-state index in [0.29, 0.717) is 18.7 Å². The minimum absolute atomic E-state index is 0.143. The summed E-state index contributed by atoms with van der Waals surface area (Å²) in [6.45, 7) is 4.18. The van der Waals surface area contributed by atoms with Crippen LogP contribution in [0.5, 0.6) is 0 Å². The van der Waals surface area contributed by atoms with Gasteiger partial charge in [-0.05, 0) is 23.8 Å². The average Bonchev–Trinajstić information content (AvgIpc) is 2.37. The van der Waals surface area contributed by atoms with Crippen LogP contribution in [0.2, 0.25) is 0 Å². The van der Waals surface area contributed by atoms with Gasteiger partial charge >= 0.3 is 16.2 Å². The molecule has 0 aliphatic carbocycles. The SMILES string of the molecule is CCN(CC)S(=O)(=O)Nc1cc(/C=C/C(=O)O)ccn1. The Morgan fingerprint density at radius 2 is 2.10 bits per heavy atom. The summed E-state index contributed by atoms with van der Waals surface area (Å²) in [5.41, 5.74) is 0.541. The van der Waals surface area contributed by atoms with Gasteiger partial charge in [-0.25, -0.2) is 9.78 Å². The van der Waals surface area contributed by atoms with E-state index < -0.39 is 16.2 Å². The van der Waals surface area contributed by atoms with Crippen molar-refractivity contribution in [3.8, 4) is 0 Å². The number of nitrogens with zero attached hydrogens (tertiary/aromatic N) is 2. The number of hydrogen-bond donors (Lipinski definition) is 2. The number of carboxylic acids is 1. The van der Waals surface area contributed by atoms with Crippen molar-refractivity contribution in [3.63, 3.8) is 0 Å². The fourth-order valence-corrected chi connectivity index (χ4v) is 2.72. The van der Waals surface area contributed by atoms with Gasteiger partial charge in [-0.2, -0.15) is 12.7 Å². The van der Waals surface area contributed by atoms with Gasteiger partial charge < -0.3 is 5.11 Å². The maximum atomic E-state index is 12.0. The van der Waals surface area contributed by atoms with Crippen LogP contribution in [0.25, 0.3) is 6.08 Å². The molecule has 1 aromatic rings. The number of anilines is 1. The highest BCUT2D eigenvalue weighted by Gasteiger charge is 2.18. The second-order valence-corrected chi connectivity index (χ2v) is 5.51. The lowest BCUT2D eigenvalue weighted by Gasteiger charge is -2.18. The minimum atomic E-state index is -3.64. The van der Waals surface area contributed by atoms with E-state index in [4.69, 9.17) is 5.11 Å². The Bertz CT molecular complexity index is 594. The van der Waals surface area contributed by atoms with Crippen LogP contribution in [0.4, 0.5) is 5.82 Å². The van der Waals surface area contributed by atoms with E-state index in [1.54, 1.807) is 19.9 Å². The third-order valence-corrected chi connectivity index (χ3v) is 4.14. The van der Waals surface area contributed by atoms with E-state index in [0.717, 1.165) is 6.08 Å². The van der Waals surface area contributed by atoms with Crippen LogP contribution in [-0.2, 0) is 15.0 Å². The second kappa shape index (κ2) is 7.01. The highest BCUT2D eigenvalue weighted by molar-refractivity contribution is 7.90. The zero-order chi connectivity index (χ0) is 15.2. The number of carbonyl (C=O) groups is 1. The smallest absolute Gasteiger partial charge is 0.328 e. The molecule has 0 aromatic carbocycles. The molecule has 0 radical (unpaired) electrons. The molecule has 8 heteroatoms. The zero-order valence-corrected chi connectivity index (χ0v) is 12.1. The van der Waals surface area contributed by atoms with Gasteiger partial charge in [0.2, 0.25) is 0 Å². The summed E-state index contributed by atoms with van der Waals surface area (Å²) in [5, 5.41) is 8.55. The molecule has 0 saturated heterocycles. The summed E-state index contributed by atoms with van der Waals surface area (Å²) in [7, 11) is -3.64. The maximum absolute atomic E-state index is 12.0. The molecule has 0 saturated carbocycles. The van der Waals surface area contributed by atoms with Gasteiger partial charge in [0.1, 0.15) is 5.82 Å². The summed E-state index contributed by atoms with van der Waals surface area (Å²) in [6, 6.07) is 3.04. The van der Waals surface area contributed by atoms with Crippen LogP contribution in [0.1, 0.15) is 19.4 Å². The molecule has 7 nitrogen and oxygen atoms in total. The van der Waals surface area contributed by atoms with E-state index in [1.165, 1.54) is 22.6 Å². The molecular weight excluding hydrogens is 282 g/mol. The number of nitrogens with one attached hydrogen (secondary N) is 1. The summed E-state index contributed by atoms with van der Waals surface area (Å²) < 4.78 is 27.6. The van der Waals surface area contributed by atoms with E-state index in [-0.39, 0.29) is 5.82 Å². The predicted molar refractivity (Wildman–Crippen MR) is 76.4 cm³/mol. The van der Waals surface area contributed by atoms with Crippen molar-refractivity contribution in [2.24, 2.45) is 0 Å². The third kappa shape index (κ3) is 4.63. The number of aliphatic carboxylic acids is 1. The Labute approximate surface area is 118 Å². The number of hydrogen-bond acceptors (Lipinski definition) is 4. The standard InChI is InChI=1S/C12H17N3O4S/c1-3-15(4-2)20(18,19)14-11-9-10(7-8-13-11)5-6-12(16)17/h5-9H,3-4H2,1-2H3,(H,13,14)(H,16,17)/b6-5+. The van der Waals surface area contributed by atoms with Gasteiger partial charge in [-0.1, -0.05) is 13.8 Å². The Kier molecular flexibility index (Phi) is 5.66. The van der Waals surface area contributed by atoms with Crippen molar-refractivity contribution in [1.82, 2.24) is 9.29 Å². The summed E-state index contributed by atoms with van der Waals surface area (Å²) in [5.74, 6) is -0.934. The quantitative estimate of drug-likeness (QED) is 0.736. The summed E-state index contributed by atoms with van der Waals surface area (Å²) in [4.78, 5) is 14.3. The minimum Gasteiger partial charge on any atom is -0.478 e. The Hall–Kier alpha value is -1.93. The fourth-order valence-electron chi connectivity index (χ4n) is 1.53. The Morgan fingerprint density at radius 3 is 2.65 bits per heavy atom. The lowest BCUT2D eigenvalue weighted by atomic mass is 10.2. The molecule has 0 aliphatic heterocycles. The Balaban J connectivity index is 2.93. The van der Waals surface area contributed by atoms with Gasteiger partial charge in [-0.3, -0.25) is 4.72 Å². The summed E-state index contributed by atoms with van der Waals surface area (Å²) >= 11 is 0. The molecule has 1 aromatic heterocycles. The first-order valence-corrected chi connectivity index (χ1v) is 7.48. The highest BCUT2D eigenvalue weighted by atomic mass is 32.2. The van der Waals surface area contributed by atoms with Gasteiger partial charge in [0, 0.05) is 25.4 Å². The first-order chi connectivity index (χ1) is 9.39. The molecule has 0 bridgehead atoms. The monoisotopic (exact) mass is 299 g/mol. The Morgan fingerprint density at radius 1 is 1.45 bits per heavy atom. The van der Waals surface area contributed by atoms with E-state index in [9.17, 15) is 13.2 Å². The molecular formula is C12H17N3O4S. The van der Waals surface area contributed by atoms with E-state index in [2.05, 4.69) is 9.71 Å². The molecule has 0 fully saturated rings. The molecule has 20 heavy (non-hydrogen) atoms. The van der Waals surface area contributed by atoms with Gasteiger partial charge in [0.15, 0.2) is 0 Å². The average molecular weight is 299 g/mol. The fraction of sp³-hybridized carbons (Fsp3) is 0.333. The van der Waals surface area contributed by atoms with Crippen LogP contribution < -0.4 is 4.72 Å². The van der Waals surface area contributed by atoms with Gasteiger partial charge in [-0.15, -0.1) is 0 Å². The van der Waals surface area contributed by atoms with Crippen molar-refractivity contribution >= 4 is 28.1 Å². The van der Waals surface area contributed by atoms with Crippen molar-refractivity contribution < 1.29 is 18.3 Å². The van der Waals surface area contributed by atoms with Crippen molar-refractivity contribution in [2.45, 2.75) is 13.8 Å². The number of aromatic nitrogens is 1. The van der Waals surface area contributed by atoms with Crippen molar-refractivity contribution in [1.29, 1.82) is 0 Å². The number of rotatable bonds is 7. The zero-order valence-electron chi connectivity index (χ0n) is 11.3. The van der Waals surface area contributed by atoms with Crippen LogP contribution in [0, 0.1) is 0 Å². The van der Waals surface area contributed by atoms with E-state index >= 15 is 0 Å². The first kappa shape index (κ1) is 16.1. The van der Waals surface area contributed by atoms with Crippen molar-refractivity contribution in [3.05, 3.63) is 30.0 Å². The number of pyridine rings is 1. The molecule has 2 N–H and O–H groups in total. The molecule has 0 atom stereocenters. The van der Waals surface area contributed by atoms with Crippen molar-refractivity contribution in [2.75, 3.05) is 17.8 Å². The third-order valence-electron chi connectivity index (χ3n) is 2.48. The molecule has 1 rings (SSSR count). The van der Waals surface area contributed by atoms with E-state index in [1.807, 2.05) is 0 Å². The normalized spacial score (nSPS) is 11.9. The van der Waals surface area contributed by atoms with Gasteiger partial charge in [0.05, 0.1) is 0 Å². The molecule has 1 heterocycles. The molecule has 0 aliphatic rings. The van der Waals surface area contributed by atoms with Crippen LogP contribution in [0.3, 0.4) is 0 Å². The number of carboxylic acid groups (broad SMARTS) is 1. The molecule has 0 spiro atoms. The lowest BCUT2D eigenvalue weighted by Crippen LogP contribution is -2.35. The van der Waals surface area contributed by atoms with Crippen LogP contribution >= 0.6 is 0 Å². The largest absolute Gasteiger partial charge is 0.478 e. The van der Waals surface area contributed by atoms with Gasteiger partial charge in [0.25, 0.3) is 0 Å². The molecule has 110 valence electrons. The lowest BCUT2D eigenvalue weighted by molar-refractivity contribution is -0.131. The van der Waals surface area contributed by atoms with Crippen LogP contribution in [-0.4, -0.2) is 41.9 Å².